The summed E-state index contributed by atoms with van der Waals surface area (Å²) in [6.45, 7) is 2.24. The van der Waals surface area contributed by atoms with E-state index in [4.69, 9.17) is 0 Å². The Labute approximate surface area is 78.8 Å². The lowest BCUT2D eigenvalue weighted by Crippen LogP contribution is -2.13. The second kappa shape index (κ2) is 3.49. The summed E-state index contributed by atoms with van der Waals surface area (Å²) in [4.78, 5) is 0. The van der Waals surface area contributed by atoms with E-state index in [0.29, 0.717) is 0 Å². The van der Waals surface area contributed by atoms with E-state index in [9.17, 15) is 4.39 Å². The monoisotopic (exact) mass is 178 g/mol. The number of hydrogen-bond donors (Lipinski definition) is 0. The van der Waals surface area contributed by atoms with Crippen LogP contribution in [-0.4, -0.2) is 0 Å². The molecule has 0 aliphatic heterocycles. The molecule has 0 saturated heterocycles. The molecule has 1 aliphatic carbocycles. The van der Waals surface area contributed by atoms with Crippen molar-refractivity contribution in [1.82, 2.24) is 0 Å². The maximum Gasteiger partial charge on any atom is 0.123 e. The van der Waals surface area contributed by atoms with Gasteiger partial charge in [0.25, 0.3) is 0 Å². The second-order valence-corrected chi connectivity index (χ2v) is 3.93. The fourth-order valence-electron chi connectivity index (χ4n) is 2.15. The van der Waals surface area contributed by atoms with E-state index < -0.39 is 0 Å². The number of aryl methyl sites for hydroxylation is 1. The molecule has 1 atom stereocenters. The summed E-state index contributed by atoms with van der Waals surface area (Å²) >= 11 is 0. The van der Waals surface area contributed by atoms with Gasteiger partial charge in [-0.3, -0.25) is 0 Å². The van der Waals surface area contributed by atoms with Crippen molar-refractivity contribution < 1.29 is 4.39 Å². The van der Waals surface area contributed by atoms with Gasteiger partial charge in [0, 0.05) is 0 Å². The average molecular weight is 178 g/mol. The maximum atomic E-state index is 12.9. The van der Waals surface area contributed by atoms with E-state index in [2.05, 4.69) is 6.92 Å². The lowest BCUT2D eigenvalue weighted by atomic mass is 9.83. The van der Waals surface area contributed by atoms with E-state index in [-0.39, 0.29) is 5.82 Å². The van der Waals surface area contributed by atoms with Crippen LogP contribution in [0.4, 0.5) is 4.39 Å². The largest absolute Gasteiger partial charge is 0.207 e. The number of halogens is 1. The van der Waals surface area contributed by atoms with Gasteiger partial charge in [-0.05, 0) is 48.4 Å². The molecule has 1 aromatic carbocycles. The van der Waals surface area contributed by atoms with Gasteiger partial charge in [-0.1, -0.05) is 19.4 Å². The zero-order valence-corrected chi connectivity index (χ0v) is 8.02. The normalized spacial score (nSPS) is 21.2. The Morgan fingerprint density at radius 1 is 1.38 bits per heavy atom. The van der Waals surface area contributed by atoms with Crippen LogP contribution in [-0.2, 0) is 12.8 Å². The van der Waals surface area contributed by atoms with E-state index in [0.717, 1.165) is 18.8 Å². The quantitative estimate of drug-likeness (QED) is 0.618. The van der Waals surface area contributed by atoms with Crippen LogP contribution < -0.4 is 0 Å². The fourth-order valence-corrected chi connectivity index (χ4v) is 2.15. The lowest BCUT2D eigenvalue weighted by Gasteiger charge is -2.23. The highest BCUT2D eigenvalue weighted by Crippen LogP contribution is 2.27. The molecule has 0 bridgehead atoms. The van der Waals surface area contributed by atoms with E-state index in [1.165, 1.54) is 24.0 Å². The number of hydrogen-bond acceptors (Lipinski definition) is 0. The summed E-state index contributed by atoms with van der Waals surface area (Å²) in [5.74, 6) is 0.728. The minimum atomic E-state index is -0.0892. The van der Waals surface area contributed by atoms with Gasteiger partial charge in [0.15, 0.2) is 0 Å². The first-order chi connectivity index (χ1) is 6.29. The summed E-state index contributed by atoms with van der Waals surface area (Å²) in [5, 5.41) is 0. The van der Waals surface area contributed by atoms with Crippen molar-refractivity contribution in [3.8, 4) is 0 Å². The van der Waals surface area contributed by atoms with Crippen molar-refractivity contribution in [1.29, 1.82) is 0 Å². The maximum absolute atomic E-state index is 12.9. The van der Waals surface area contributed by atoms with Gasteiger partial charge in [-0.2, -0.15) is 0 Å². The molecule has 0 saturated carbocycles. The Balaban J connectivity index is 2.26. The molecule has 0 heterocycles. The first kappa shape index (κ1) is 8.74. The Morgan fingerprint density at radius 2 is 2.23 bits per heavy atom. The zero-order valence-electron chi connectivity index (χ0n) is 8.02. The second-order valence-electron chi connectivity index (χ2n) is 3.93. The van der Waals surface area contributed by atoms with Crippen molar-refractivity contribution in [2.24, 2.45) is 5.92 Å². The summed E-state index contributed by atoms with van der Waals surface area (Å²) in [5.41, 5.74) is 2.59. The molecule has 2 rings (SSSR count). The number of rotatable bonds is 1. The van der Waals surface area contributed by atoms with Gasteiger partial charge < -0.3 is 0 Å². The van der Waals surface area contributed by atoms with Crippen LogP contribution in [0.1, 0.15) is 30.9 Å². The van der Waals surface area contributed by atoms with Crippen LogP contribution in [0.2, 0.25) is 0 Å². The Morgan fingerprint density at radius 3 is 3.00 bits per heavy atom. The van der Waals surface area contributed by atoms with Crippen LogP contribution in [0.5, 0.6) is 0 Å². The third-order valence-electron chi connectivity index (χ3n) is 3.08. The van der Waals surface area contributed by atoms with Crippen molar-refractivity contribution in [3.63, 3.8) is 0 Å². The zero-order chi connectivity index (χ0) is 9.26. The highest BCUT2D eigenvalue weighted by Gasteiger charge is 2.16. The molecule has 0 nitrogen and oxygen atoms in total. The molecule has 1 aromatic rings. The van der Waals surface area contributed by atoms with Crippen molar-refractivity contribution in [3.05, 3.63) is 35.1 Å². The molecule has 13 heavy (non-hydrogen) atoms. The smallest absolute Gasteiger partial charge is 0.123 e. The van der Waals surface area contributed by atoms with Gasteiger partial charge in [-0.25, -0.2) is 4.39 Å². The SMILES string of the molecule is CCC1CCc2cc(F)ccc2C1. The summed E-state index contributed by atoms with van der Waals surface area (Å²) < 4.78 is 12.9. The fraction of sp³-hybridized carbons (Fsp3) is 0.500. The van der Waals surface area contributed by atoms with Gasteiger partial charge in [-0.15, -0.1) is 0 Å². The van der Waals surface area contributed by atoms with Crippen LogP contribution in [0, 0.1) is 11.7 Å². The standard InChI is InChI=1S/C12H15F/c1-2-9-3-4-11-8-12(13)6-5-10(11)7-9/h5-6,8-9H,2-4,7H2,1H3. The minimum Gasteiger partial charge on any atom is -0.207 e. The van der Waals surface area contributed by atoms with Crippen molar-refractivity contribution >= 4 is 0 Å². The van der Waals surface area contributed by atoms with Gasteiger partial charge in [0.05, 0.1) is 0 Å². The predicted molar refractivity (Wildman–Crippen MR) is 52.2 cm³/mol. The van der Waals surface area contributed by atoms with Crippen molar-refractivity contribution in [2.75, 3.05) is 0 Å². The Hall–Kier alpha value is -0.850. The van der Waals surface area contributed by atoms with Gasteiger partial charge >= 0.3 is 0 Å². The summed E-state index contributed by atoms with van der Waals surface area (Å²) in [6, 6.07) is 5.23. The first-order valence-electron chi connectivity index (χ1n) is 5.07. The number of benzene rings is 1. The van der Waals surface area contributed by atoms with E-state index in [1.54, 1.807) is 12.1 Å². The third kappa shape index (κ3) is 1.74. The molecular formula is C12H15F. The van der Waals surface area contributed by atoms with Crippen LogP contribution in [0.15, 0.2) is 18.2 Å². The molecule has 1 unspecified atom stereocenters. The van der Waals surface area contributed by atoms with Crippen LogP contribution in [0.25, 0.3) is 0 Å². The van der Waals surface area contributed by atoms with Gasteiger partial charge in [0.1, 0.15) is 5.82 Å². The molecular weight excluding hydrogens is 163 g/mol. The summed E-state index contributed by atoms with van der Waals surface area (Å²) in [6.07, 6.45) is 4.68. The molecule has 0 N–H and O–H groups in total. The number of fused-ring (bicyclic) bond motifs is 1. The molecule has 1 aliphatic rings. The molecule has 1 heteroatoms. The molecule has 0 fully saturated rings. The first-order valence-corrected chi connectivity index (χ1v) is 5.07. The Kier molecular flexibility index (Phi) is 2.34. The molecule has 0 spiro atoms. The Bertz CT molecular complexity index is 304. The van der Waals surface area contributed by atoms with Crippen LogP contribution >= 0.6 is 0 Å². The molecule has 70 valence electrons. The lowest BCUT2D eigenvalue weighted by molar-refractivity contribution is 0.443. The van der Waals surface area contributed by atoms with E-state index in [1.807, 2.05) is 6.07 Å². The third-order valence-corrected chi connectivity index (χ3v) is 3.08. The molecule has 0 aromatic heterocycles. The van der Waals surface area contributed by atoms with Crippen molar-refractivity contribution in [2.45, 2.75) is 32.6 Å². The van der Waals surface area contributed by atoms with Crippen LogP contribution in [0.3, 0.4) is 0 Å². The summed E-state index contributed by atoms with van der Waals surface area (Å²) in [7, 11) is 0. The average Bonchev–Trinajstić information content (AvgIpc) is 2.17. The highest BCUT2D eigenvalue weighted by atomic mass is 19.1. The van der Waals surface area contributed by atoms with Gasteiger partial charge in [0.2, 0.25) is 0 Å². The van der Waals surface area contributed by atoms with E-state index >= 15 is 0 Å². The molecule has 0 amide bonds. The minimum absolute atomic E-state index is 0.0892. The topological polar surface area (TPSA) is 0 Å². The predicted octanol–water partition coefficient (Wildman–Crippen LogP) is 3.34. The molecule has 0 radical (unpaired) electrons. The highest BCUT2D eigenvalue weighted by molar-refractivity contribution is 5.30.